The topological polar surface area (TPSA) is 47.0 Å². The molecular weight excluding hydrogens is 250 g/mol. The zero-order valence-electron chi connectivity index (χ0n) is 13.0. The lowest BCUT2D eigenvalue weighted by atomic mass is 9.90. The molecule has 112 valence electrons. The summed E-state index contributed by atoms with van der Waals surface area (Å²) in [6.07, 6.45) is 7.50. The fourth-order valence-corrected chi connectivity index (χ4v) is 2.73. The van der Waals surface area contributed by atoms with Crippen molar-refractivity contribution in [3.63, 3.8) is 0 Å². The molecule has 0 unspecified atom stereocenters. The third-order valence-corrected chi connectivity index (χ3v) is 3.99. The first-order valence-electron chi connectivity index (χ1n) is 7.98. The average Bonchev–Trinajstić information content (AvgIpc) is 2.49. The summed E-state index contributed by atoms with van der Waals surface area (Å²) in [5.74, 6) is 3.23. The molecule has 1 aromatic rings. The van der Waals surface area contributed by atoms with E-state index >= 15 is 0 Å². The number of rotatable bonds is 6. The van der Waals surface area contributed by atoms with E-state index in [1.54, 1.807) is 0 Å². The van der Waals surface area contributed by atoms with Gasteiger partial charge in [-0.2, -0.15) is 4.98 Å². The third-order valence-electron chi connectivity index (χ3n) is 3.99. The molecule has 0 spiro atoms. The SMILES string of the molecule is CCNc1nc(CC)nc(OCC2CCCCC2)c1C. The molecule has 1 saturated carbocycles. The van der Waals surface area contributed by atoms with Crippen molar-refractivity contribution in [2.45, 2.75) is 59.3 Å². The molecule has 0 amide bonds. The van der Waals surface area contributed by atoms with Crippen LogP contribution in [-0.4, -0.2) is 23.1 Å². The van der Waals surface area contributed by atoms with Crippen LogP contribution in [0, 0.1) is 12.8 Å². The van der Waals surface area contributed by atoms with E-state index in [-0.39, 0.29) is 0 Å². The maximum Gasteiger partial charge on any atom is 0.221 e. The molecule has 1 aliphatic carbocycles. The van der Waals surface area contributed by atoms with Crippen LogP contribution in [-0.2, 0) is 6.42 Å². The fourth-order valence-electron chi connectivity index (χ4n) is 2.73. The normalized spacial score (nSPS) is 16.1. The zero-order valence-corrected chi connectivity index (χ0v) is 13.0. The molecule has 1 aromatic heterocycles. The van der Waals surface area contributed by atoms with Gasteiger partial charge in [0.15, 0.2) is 0 Å². The van der Waals surface area contributed by atoms with Crippen molar-refractivity contribution >= 4 is 5.82 Å². The van der Waals surface area contributed by atoms with Crippen LogP contribution in [0.2, 0.25) is 0 Å². The van der Waals surface area contributed by atoms with Gasteiger partial charge in [0.25, 0.3) is 0 Å². The van der Waals surface area contributed by atoms with Crippen LogP contribution in [0.4, 0.5) is 5.82 Å². The van der Waals surface area contributed by atoms with Crippen LogP contribution < -0.4 is 10.1 Å². The van der Waals surface area contributed by atoms with Crippen LogP contribution in [0.5, 0.6) is 5.88 Å². The van der Waals surface area contributed by atoms with Gasteiger partial charge in [-0.05, 0) is 32.6 Å². The Hall–Kier alpha value is -1.32. The first-order chi connectivity index (χ1) is 9.74. The van der Waals surface area contributed by atoms with E-state index in [2.05, 4.69) is 29.1 Å². The first-order valence-corrected chi connectivity index (χ1v) is 7.98. The van der Waals surface area contributed by atoms with Gasteiger partial charge in [0.1, 0.15) is 11.6 Å². The zero-order chi connectivity index (χ0) is 14.4. The number of ether oxygens (including phenoxy) is 1. The van der Waals surface area contributed by atoms with Gasteiger partial charge in [-0.3, -0.25) is 0 Å². The summed E-state index contributed by atoms with van der Waals surface area (Å²) >= 11 is 0. The van der Waals surface area contributed by atoms with Gasteiger partial charge in [-0.1, -0.05) is 26.2 Å². The van der Waals surface area contributed by atoms with Gasteiger partial charge < -0.3 is 10.1 Å². The molecule has 0 aromatic carbocycles. The minimum atomic E-state index is 0.700. The molecule has 0 saturated heterocycles. The van der Waals surface area contributed by atoms with Crippen LogP contribution in [0.25, 0.3) is 0 Å². The van der Waals surface area contributed by atoms with E-state index in [1.165, 1.54) is 32.1 Å². The van der Waals surface area contributed by atoms with Crippen molar-refractivity contribution in [1.29, 1.82) is 0 Å². The van der Waals surface area contributed by atoms with Crippen LogP contribution in [0.15, 0.2) is 0 Å². The quantitative estimate of drug-likeness (QED) is 0.860. The summed E-state index contributed by atoms with van der Waals surface area (Å²) < 4.78 is 6.01. The standard InChI is InChI=1S/C16H27N3O/c1-4-14-18-15(17-5-2)12(3)16(19-14)20-11-13-9-7-6-8-10-13/h13H,4-11H2,1-3H3,(H,17,18,19). The lowest BCUT2D eigenvalue weighted by Crippen LogP contribution is -2.17. The van der Waals surface area contributed by atoms with Gasteiger partial charge in [-0.15, -0.1) is 0 Å². The Bertz CT molecular complexity index is 428. The van der Waals surface area contributed by atoms with Crippen molar-refractivity contribution < 1.29 is 4.74 Å². The van der Waals surface area contributed by atoms with Gasteiger partial charge in [0.05, 0.1) is 12.2 Å². The number of hydrogen-bond donors (Lipinski definition) is 1. The van der Waals surface area contributed by atoms with Gasteiger partial charge in [0, 0.05) is 13.0 Å². The fraction of sp³-hybridized carbons (Fsp3) is 0.750. The second-order valence-corrected chi connectivity index (χ2v) is 5.62. The van der Waals surface area contributed by atoms with Crippen molar-refractivity contribution in [2.75, 3.05) is 18.5 Å². The number of anilines is 1. The Morgan fingerprint density at radius 2 is 1.90 bits per heavy atom. The molecule has 4 nitrogen and oxygen atoms in total. The van der Waals surface area contributed by atoms with Crippen molar-refractivity contribution in [2.24, 2.45) is 5.92 Å². The van der Waals surface area contributed by atoms with E-state index in [9.17, 15) is 0 Å². The summed E-state index contributed by atoms with van der Waals surface area (Å²) in [5.41, 5.74) is 1.03. The highest BCUT2D eigenvalue weighted by molar-refractivity contribution is 5.48. The molecule has 20 heavy (non-hydrogen) atoms. The van der Waals surface area contributed by atoms with E-state index in [0.717, 1.165) is 42.7 Å². The van der Waals surface area contributed by atoms with E-state index < -0.39 is 0 Å². The molecular formula is C16H27N3O. The first kappa shape index (κ1) is 15.1. The maximum absolute atomic E-state index is 6.01. The predicted octanol–water partition coefficient (Wildman–Crippen LogP) is 3.74. The second-order valence-electron chi connectivity index (χ2n) is 5.62. The largest absolute Gasteiger partial charge is 0.477 e. The Morgan fingerprint density at radius 3 is 2.55 bits per heavy atom. The minimum absolute atomic E-state index is 0.700. The Kier molecular flexibility index (Phi) is 5.62. The highest BCUT2D eigenvalue weighted by atomic mass is 16.5. The molecule has 1 heterocycles. The van der Waals surface area contributed by atoms with Gasteiger partial charge >= 0.3 is 0 Å². The van der Waals surface area contributed by atoms with E-state index in [4.69, 9.17) is 4.74 Å². The van der Waals surface area contributed by atoms with Gasteiger partial charge in [0.2, 0.25) is 5.88 Å². The lowest BCUT2D eigenvalue weighted by molar-refractivity contribution is 0.201. The van der Waals surface area contributed by atoms with Crippen LogP contribution in [0.1, 0.15) is 57.3 Å². The molecule has 1 N–H and O–H groups in total. The van der Waals surface area contributed by atoms with Crippen LogP contribution in [0.3, 0.4) is 0 Å². The molecule has 4 heteroatoms. The van der Waals surface area contributed by atoms with Crippen molar-refractivity contribution in [3.05, 3.63) is 11.4 Å². The molecule has 1 aliphatic rings. The van der Waals surface area contributed by atoms with E-state index in [1.807, 2.05) is 6.92 Å². The number of aromatic nitrogens is 2. The molecule has 2 rings (SSSR count). The Morgan fingerprint density at radius 1 is 1.15 bits per heavy atom. The van der Waals surface area contributed by atoms with Crippen LogP contribution >= 0.6 is 0 Å². The average molecular weight is 277 g/mol. The molecule has 0 bridgehead atoms. The minimum Gasteiger partial charge on any atom is -0.477 e. The lowest BCUT2D eigenvalue weighted by Gasteiger charge is -2.22. The molecule has 0 aliphatic heterocycles. The Labute approximate surface area is 122 Å². The summed E-state index contributed by atoms with van der Waals surface area (Å²) in [6, 6.07) is 0. The summed E-state index contributed by atoms with van der Waals surface area (Å²) in [7, 11) is 0. The number of aryl methyl sites for hydroxylation is 1. The predicted molar refractivity (Wildman–Crippen MR) is 82.4 cm³/mol. The maximum atomic E-state index is 6.01. The number of nitrogens with one attached hydrogen (secondary N) is 1. The molecule has 1 fully saturated rings. The smallest absolute Gasteiger partial charge is 0.221 e. The highest BCUT2D eigenvalue weighted by Gasteiger charge is 2.16. The second kappa shape index (κ2) is 7.46. The monoisotopic (exact) mass is 277 g/mol. The van der Waals surface area contributed by atoms with Crippen molar-refractivity contribution in [3.8, 4) is 5.88 Å². The van der Waals surface area contributed by atoms with Gasteiger partial charge in [-0.25, -0.2) is 4.98 Å². The molecule has 0 radical (unpaired) electrons. The van der Waals surface area contributed by atoms with E-state index in [0.29, 0.717) is 5.92 Å². The summed E-state index contributed by atoms with van der Waals surface area (Å²) in [6.45, 7) is 7.85. The number of nitrogens with zero attached hydrogens (tertiary/aromatic N) is 2. The molecule has 0 atom stereocenters. The Balaban J connectivity index is 2.06. The summed E-state index contributed by atoms with van der Waals surface area (Å²) in [5, 5.41) is 3.30. The number of hydrogen-bond acceptors (Lipinski definition) is 4. The summed E-state index contributed by atoms with van der Waals surface area (Å²) in [4.78, 5) is 9.08. The van der Waals surface area contributed by atoms with Crippen molar-refractivity contribution in [1.82, 2.24) is 9.97 Å². The highest BCUT2D eigenvalue weighted by Crippen LogP contribution is 2.27. The third kappa shape index (κ3) is 3.84.